The van der Waals surface area contributed by atoms with Crippen LogP contribution in [0, 0.1) is 0 Å². The Balaban J connectivity index is 1.84. The van der Waals surface area contributed by atoms with Crippen molar-refractivity contribution in [2.75, 3.05) is 5.32 Å². The van der Waals surface area contributed by atoms with Gasteiger partial charge in [-0.25, -0.2) is 9.78 Å². The second-order valence-corrected chi connectivity index (χ2v) is 3.56. The molecular formula is C14H13N3O. The minimum Gasteiger partial charge on any atom is -0.314 e. The van der Waals surface area contributed by atoms with Gasteiger partial charge in [-0.3, -0.25) is 5.32 Å². The molecule has 1 heterocycles. The van der Waals surface area contributed by atoms with Crippen molar-refractivity contribution in [3.05, 3.63) is 66.5 Å². The fourth-order valence-corrected chi connectivity index (χ4v) is 1.37. The zero-order chi connectivity index (χ0) is 12.6. The Morgan fingerprint density at radius 2 is 1.83 bits per heavy atom. The van der Waals surface area contributed by atoms with Crippen molar-refractivity contribution in [1.82, 2.24) is 10.3 Å². The maximum absolute atomic E-state index is 11.5. The summed E-state index contributed by atoms with van der Waals surface area (Å²) in [6, 6.07) is 14.7. The molecule has 0 saturated heterocycles. The Morgan fingerprint density at radius 3 is 2.56 bits per heavy atom. The standard InChI is InChI=1S/C14H13N3O/c18-14(17-13-8-4-5-10-15-13)16-11-9-12-6-2-1-3-7-12/h1-11H,(H2,15,16,17,18)/b11-9+. The van der Waals surface area contributed by atoms with E-state index in [0.29, 0.717) is 5.82 Å². The van der Waals surface area contributed by atoms with Crippen LogP contribution in [-0.4, -0.2) is 11.0 Å². The molecule has 4 heteroatoms. The predicted molar refractivity (Wildman–Crippen MR) is 71.9 cm³/mol. The normalized spacial score (nSPS) is 10.2. The molecule has 2 amide bonds. The minimum absolute atomic E-state index is 0.319. The van der Waals surface area contributed by atoms with Gasteiger partial charge in [-0.15, -0.1) is 0 Å². The van der Waals surface area contributed by atoms with E-state index in [-0.39, 0.29) is 6.03 Å². The monoisotopic (exact) mass is 239 g/mol. The average molecular weight is 239 g/mol. The van der Waals surface area contributed by atoms with E-state index in [1.54, 1.807) is 24.5 Å². The molecule has 0 bridgehead atoms. The lowest BCUT2D eigenvalue weighted by molar-refractivity contribution is 0.255. The molecule has 0 aliphatic carbocycles. The lowest BCUT2D eigenvalue weighted by Crippen LogP contribution is -2.24. The summed E-state index contributed by atoms with van der Waals surface area (Å²) in [5, 5.41) is 5.22. The number of benzene rings is 1. The molecule has 4 nitrogen and oxygen atoms in total. The molecule has 0 aliphatic heterocycles. The fraction of sp³-hybridized carbons (Fsp3) is 0. The van der Waals surface area contributed by atoms with Gasteiger partial charge < -0.3 is 5.32 Å². The highest BCUT2D eigenvalue weighted by molar-refractivity contribution is 5.89. The second-order valence-electron chi connectivity index (χ2n) is 3.56. The number of aromatic nitrogens is 1. The van der Waals surface area contributed by atoms with Crippen molar-refractivity contribution in [2.45, 2.75) is 0 Å². The Bertz CT molecular complexity index is 523. The molecule has 1 aromatic carbocycles. The quantitative estimate of drug-likeness (QED) is 0.865. The van der Waals surface area contributed by atoms with Gasteiger partial charge in [0.15, 0.2) is 0 Å². The van der Waals surface area contributed by atoms with Crippen LogP contribution in [0.3, 0.4) is 0 Å². The highest BCUT2D eigenvalue weighted by Gasteiger charge is 1.98. The van der Waals surface area contributed by atoms with E-state index in [1.807, 2.05) is 42.5 Å². The Kier molecular flexibility index (Phi) is 4.08. The van der Waals surface area contributed by atoms with Crippen molar-refractivity contribution < 1.29 is 4.79 Å². The van der Waals surface area contributed by atoms with Crippen molar-refractivity contribution in [2.24, 2.45) is 0 Å². The highest BCUT2D eigenvalue weighted by atomic mass is 16.2. The van der Waals surface area contributed by atoms with Crippen molar-refractivity contribution in [3.63, 3.8) is 0 Å². The van der Waals surface area contributed by atoms with E-state index in [9.17, 15) is 4.79 Å². The van der Waals surface area contributed by atoms with E-state index < -0.39 is 0 Å². The van der Waals surface area contributed by atoms with Crippen LogP contribution < -0.4 is 10.6 Å². The molecule has 18 heavy (non-hydrogen) atoms. The number of nitrogens with one attached hydrogen (secondary N) is 2. The van der Waals surface area contributed by atoms with E-state index in [0.717, 1.165) is 5.56 Å². The third-order valence-electron chi connectivity index (χ3n) is 2.20. The van der Waals surface area contributed by atoms with Crippen molar-refractivity contribution in [1.29, 1.82) is 0 Å². The zero-order valence-corrected chi connectivity index (χ0v) is 9.71. The van der Waals surface area contributed by atoms with Crippen LogP contribution in [0.1, 0.15) is 5.56 Å². The van der Waals surface area contributed by atoms with Crippen LogP contribution >= 0.6 is 0 Å². The number of carbonyl (C=O) groups is 1. The number of amides is 2. The Morgan fingerprint density at radius 1 is 1.06 bits per heavy atom. The average Bonchev–Trinajstić information content (AvgIpc) is 2.41. The molecular weight excluding hydrogens is 226 g/mol. The van der Waals surface area contributed by atoms with Gasteiger partial charge in [0.25, 0.3) is 0 Å². The lowest BCUT2D eigenvalue weighted by Gasteiger charge is -2.02. The van der Waals surface area contributed by atoms with Crippen LogP contribution in [0.2, 0.25) is 0 Å². The molecule has 2 N–H and O–H groups in total. The molecule has 0 radical (unpaired) electrons. The van der Waals surface area contributed by atoms with Crippen LogP contribution in [0.4, 0.5) is 10.6 Å². The number of hydrogen-bond acceptors (Lipinski definition) is 2. The van der Waals surface area contributed by atoms with Gasteiger partial charge in [-0.1, -0.05) is 36.4 Å². The molecule has 1 aromatic heterocycles. The SMILES string of the molecule is O=C(N/C=C/c1ccccc1)Nc1ccccn1. The fourth-order valence-electron chi connectivity index (χ4n) is 1.37. The third-order valence-corrected chi connectivity index (χ3v) is 2.20. The molecule has 0 unspecified atom stereocenters. The van der Waals surface area contributed by atoms with E-state index in [4.69, 9.17) is 0 Å². The second kappa shape index (κ2) is 6.20. The summed E-state index contributed by atoms with van der Waals surface area (Å²) in [4.78, 5) is 15.5. The first-order chi connectivity index (χ1) is 8.84. The summed E-state index contributed by atoms with van der Waals surface area (Å²) in [5.41, 5.74) is 1.02. The van der Waals surface area contributed by atoms with E-state index in [2.05, 4.69) is 15.6 Å². The molecule has 0 atom stereocenters. The van der Waals surface area contributed by atoms with E-state index >= 15 is 0 Å². The summed E-state index contributed by atoms with van der Waals surface area (Å²) >= 11 is 0. The number of hydrogen-bond donors (Lipinski definition) is 2. The van der Waals surface area contributed by atoms with Gasteiger partial charge in [0.05, 0.1) is 0 Å². The third kappa shape index (κ3) is 3.75. The zero-order valence-electron chi connectivity index (χ0n) is 9.71. The topological polar surface area (TPSA) is 54.0 Å². The Labute approximate surface area is 105 Å². The summed E-state index contributed by atoms with van der Waals surface area (Å²) < 4.78 is 0. The summed E-state index contributed by atoms with van der Waals surface area (Å²) in [7, 11) is 0. The predicted octanol–water partition coefficient (Wildman–Crippen LogP) is 2.87. The molecule has 0 spiro atoms. The maximum Gasteiger partial charge on any atom is 0.324 e. The number of nitrogens with zero attached hydrogens (tertiary/aromatic N) is 1. The smallest absolute Gasteiger partial charge is 0.314 e. The first-order valence-electron chi connectivity index (χ1n) is 5.55. The molecule has 0 aliphatic rings. The van der Waals surface area contributed by atoms with Crippen LogP contribution in [0.15, 0.2) is 60.9 Å². The van der Waals surface area contributed by atoms with Crippen molar-refractivity contribution in [3.8, 4) is 0 Å². The van der Waals surface area contributed by atoms with Gasteiger partial charge >= 0.3 is 6.03 Å². The first kappa shape index (κ1) is 11.9. The van der Waals surface area contributed by atoms with Crippen LogP contribution in [-0.2, 0) is 0 Å². The number of pyridine rings is 1. The number of rotatable bonds is 3. The molecule has 0 fully saturated rings. The van der Waals surface area contributed by atoms with Crippen LogP contribution in [0.5, 0.6) is 0 Å². The van der Waals surface area contributed by atoms with Crippen LogP contribution in [0.25, 0.3) is 6.08 Å². The van der Waals surface area contributed by atoms with Gasteiger partial charge in [-0.2, -0.15) is 0 Å². The molecule has 90 valence electrons. The van der Waals surface area contributed by atoms with Gasteiger partial charge in [0.2, 0.25) is 0 Å². The number of urea groups is 1. The summed E-state index contributed by atoms with van der Waals surface area (Å²) in [6.45, 7) is 0. The molecule has 2 rings (SSSR count). The molecule has 2 aromatic rings. The summed E-state index contributed by atoms with van der Waals surface area (Å²) in [5.74, 6) is 0.517. The molecule has 0 saturated carbocycles. The number of anilines is 1. The van der Waals surface area contributed by atoms with E-state index in [1.165, 1.54) is 0 Å². The largest absolute Gasteiger partial charge is 0.324 e. The highest BCUT2D eigenvalue weighted by Crippen LogP contribution is 2.01. The number of carbonyl (C=O) groups excluding carboxylic acids is 1. The lowest BCUT2D eigenvalue weighted by atomic mass is 10.2. The maximum atomic E-state index is 11.5. The van der Waals surface area contributed by atoms with Crippen molar-refractivity contribution >= 4 is 17.9 Å². The van der Waals surface area contributed by atoms with Gasteiger partial charge in [0, 0.05) is 12.4 Å². The minimum atomic E-state index is -0.319. The summed E-state index contributed by atoms with van der Waals surface area (Å²) in [6.07, 6.45) is 5.03. The Hall–Kier alpha value is -2.62. The first-order valence-corrected chi connectivity index (χ1v) is 5.55. The van der Waals surface area contributed by atoms with Gasteiger partial charge in [0.1, 0.15) is 5.82 Å². The van der Waals surface area contributed by atoms with Gasteiger partial charge in [-0.05, 0) is 23.8 Å².